The van der Waals surface area contributed by atoms with Crippen molar-refractivity contribution in [2.75, 3.05) is 19.7 Å². The van der Waals surface area contributed by atoms with Crippen LogP contribution in [0.5, 0.6) is 0 Å². The first kappa shape index (κ1) is 22.7. The average molecular weight is 401 g/mol. The predicted molar refractivity (Wildman–Crippen MR) is 91.7 cm³/mol. The summed E-state index contributed by atoms with van der Waals surface area (Å²) in [5.41, 5.74) is 0.822. The van der Waals surface area contributed by atoms with E-state index < -0.39 is 43.1 Å². The van der Waals surface area contributed by atoms with Crippen molar-refractivity contribution in [3.63, 3.8) is 0 Å². The van der Waals surface area contributed by atoms with Gasteiger partial charge in [0.05, 0.1) is 6.42 Å². The monoisotopic (exact) mass is 401 g/mol. The maximum absolute atomic E-state index is 11.9. The number of urea groups is 1. The molecule has 8 nitrogen and oxygen atoms in total. The minimum Gasteiger partial charge on any atom is -0.456 e. The van der Waals surface area contributed by atoms with Crippen molar-refractivity contribution < 1.29 is 37.1 Å². The second kappa shape index (κ2) is 11.4. The molecule has 0 spiro atoms. The smallest absolute Gasteiger partial charge is 0.405 e. The molecule has 3 N–H and O–H groups in total. The normalized spacial score (nSPS) is 11.0. The van der Waals surface area contributed by atoms with Crippen molar-refractivity contribution in [3.05, 3.63) is 42.0 Å². The van der Waals surface area contributed by atoms with E-state index in [-0.39, 0.29) is 13.0 Å². The van der Waals surface area contributed by atoms with Gasteiger partial charge in [-0.05, 0) is 11.6 Å². The van der Waals surface area contributed by atoms with Crippen molar-refractivity contribution in [1.82, 2.24) is 16.0 Å². The Labute approximate surface area is 158 Å². The molecule has 0 aliphatic rings. The van der Waals surface area contributed by atoms with Crippen LogP contribution in [0.1, 0.15) is 12.0 Å². The summed E-state index contributed by atoms with van der Waals surface area (Å²) >= 11 is 0. The Morgan fingerprint density at radius 2 is 1.71 bits per heavy atom. The second-order valence-electron chi connectivity index (χ2n) is 5.29. The number of hydrogen-bond acceptors (Lipinski definition) is 5. The first-order valence-electron chi connectivity index (χ1n) is 7.97. The average Bonchev–Trinajstić information content (AvgIpc) is 2.63. The molecule has 0 saturated carbocycles. The lowest BCUT2D eigenvalue weighted by molar-refractivity contribution is -0.148. The van der Waals surface area contributed by atoms with E-state index in [1.165, 1.54) is 11.4 Å². The van der Waals surface area contributed by atoms with Crippen LogP contribution >= 0.6 is 0 Å². The third kappa shape index (κ3) is 11.3. The Bertz CT molecular complexity index is 720. The highest BCUT2D eigenvalue weighted by Gasteiger charge is 2.28. The van der Waals surface area contributed by atoms with Crippen molar-refractivity contribution in [3.8, 4) is 0 Å². The summed E-state index contributed by atoms with van der Waals surface area (Å²) in [7, 11) is 0. The molecule has 0 bridgehead atoms. The molecule has 1 rings (SSSR count). The molecule has 1 aromatic rings. The minimum atomic E-state index is -4.62. The zero-order valence-electron chi connectivity index (χ0n) is 14.5. The molecule has 0 aliphatic heterocycles. The maximum Gasteiger partial charge on any atom is 0.405 e. The number of ether oxygens (including phenoxy) is 1. The number of rotatable bonds is 8. The number of carbonyl (C=O) groups excluding carboxylic acids is 4. The number of esters is 1. The molecule has 0 fully saturated rings. The van der Waals surface area contributed by atoms with Crippen molar-refractivity contribution in [1.29, 1.82) is 0 Å². The standard InChI is InChI=1S/C17H18F3N3O5/c18-17(19,20)11-22-16(27)23-14(25)10-28-15(26)8-9-21-13(24)7-6-12-4-2-1-3-5-12/h1-7H,8-11H2,(H,21,24)(H2,22,23,25,27)/b7-6+. The molecule has 0 radical (unpaired) electrons. The van der Waals surface area contributed by atoms with Crippen molar-refractivity contribution >= 4 is 29.9 Å². The Hall–Kier alpha value is -3.37. The Balaban J connectivity index is 2.17. The topological polar surface area (TPSA) is 114 Å². The summed E-state index contributed by atoms with van der Waals surface area (Å²) in [5, 5.41) is 5.43. The molecule has 0 unspecified atom stereocenters. The van der Waals surface area contributed by atoms with Crippen LogP contribution in [0.4, 0.5) is 18.0 Å². The van der Waals surface area contributed by atoms with E-state index in [4.69, 9.17) is 0 Å². The lowest BCUT2D eigenvalue weighted by Crippen LogP contribution is -2.44. The second-order valence-corrected chi connectivity index (χ2v) is 5.29. The maximum atomic E-state index is 11.9. The van der Waals surface area contributed by atoms with Crippen LogP contribution in [0.2, 0.25) is 0 Å². The lowest BCUT2D eigenvalue weighted by atomic mass is 10.2. The molecule has 4 amide bonds. The van der Waals surface area contributed by atoms with E-state index in [2.05, 4.69) is 10.1 Å². The Kier molecular flexibility index (Phi) is 9.20. The van der Waals surface area contributed by atoms with Gasteiger partial charge in [0, 0.05) is 12.6 Å². The fraction of sp³-hybridized carbons (Fsp3) is 0.294. The summed E-state index contributed by atoms with van der Waals surface area (Å²) in [6, 6.07) is 7.69. The van der Waals surface area contributed by atoms with Crippen molar-refractivity contribution in [2.45, 2.75) is 12.6 Å². The summed E-state index contributed by atoms with van der Waals surface area (Å²) in [6.07, 6.45) is -1.98. The quantitative estimate of drug-likeness (QED) is 0.447. The van der Waals surface area contributed by atoms with Crippen LogP contribution < -0.4 is 16.0 Å². The van der Waals surface area contributed by atoms with Crippen LogP contribution in [0.15, 0.2) is 36.4 Å². The van der Waals surface area contributed by atoms with Gasteiger partial charge in [-0.1, -0.05) is 30.3 Å². The molecule has 0 atom stereocenters. The summed E-state index contributed by atoms with van der Waals surface area (Å²) in [6.45, 7) is -2.51. The van der Waals surface area contributed by atoms with Gasteiger partial charge in [0.25, 0.3) is 5.91 Å². The van der Waals surface area contributed by atoms with E-state index in [0.717, 1.165) is 5.56 Å². The van der Waals surface area contributed by atoms with Gasteiger partial charge in [0.1, 0.15) is 6.54 Å². The zero-order valence-corrected chi connectivity index (χ0v) is 14.5. The van der Waals surface area contributed by atoms with E-state index in [1.807, 2.05) is 18.2 Å². The first-order chi connectivity index (χ1) is 13.2. The van der Waals surface area contributed by atoms with Crippen LogP contribution in [0, 0.1) is 0 Å². The van der Waals surface area contributed by atoms with E-state index in [1.54, 1.807) is 23.5 Å². The highest BCUT2D eigenvalue weighted by molar-refractivity contribution is 5.95. The van der Waals surface area contributed by atoms with Crippen molar-refractivity contribution in [2.24, 2.45) is 0 Å². The van der Waals surface area contributed by atoms with Gasteiger partial charge in [-0.2, -0.15) is 13.2 Å². The number of amides is 4. The van der Waals surface area contributed by atoms with Gasteiger partial charge in [-0.15, -0.1) is 0 Å². The molecule has 0 aliphatic carbocycles. The molecule has 11 heteroatoms. The summed E-state index contributed by atoms with van der Waals surface area (Å²) in [4.78, 5) is 45.3. The molecule has 28 heavy (non-hydrogen) atoms. The third-order valence-electron chi connectivity index (χ3n) is 2.92. The van der Waals surface area contributed by atoms with E-state index in [9.17, 15) is 32.3 Å². The summed E-state index contributed by atoms with van der Waals surface area (Å²) in [5.74, 6) is -2.36. The van der Waals surface area contributed by atoms with Gasteiger partial charge in [0.15, 0.2) is 6.61 Å². The SMILES string of the molecule is O=C(/C=C/c1ccccc1)NCCC(=O)OCC(=O)NC(=O)NCC(F)(F)F. The molecule has 0 heterocycles. The van der Waals surface area contributed by atoms with Crippen LogP contribution in [0.25, 0.3) is 6.08 Å². The van der Waals surface area contributed by atoms with Gasteiger partial charge < -0.3 is 15.4 Å². The number of nitrogens with one attached hydrogen (secondary N) is 3. The fourth-order valence-electron chi connectivity index (χ4n) is 1.69. The number of hydrogen-bond donors (Lipinski definition) is 3. The zero-order chi connectivity index (χ0) is 21.0. The first-order valence-corrected chi connectivity index (χ1v) is 7.97. The molecule has 0 saturated heterocycles. The Morgan fingerprint density at radius 3 is 2.36 bits per heavy atom. The predicted octanol–water partition coefficient (Wildman–Crippen LogP) is 1.14. The number of imide groups is 1. The molecule has 1 aromatic carbocycles. The molecular weight excluding hydrogens is 383 g/mol. The third-order valence-corrected chi connectivity index (χ3v) is 2.92. The van der Waals surface area contributed by atoms with Crippen LogP contribution in [-0.4, -0.2) is 49.7 Å². The Morgan fingerprint density at radius 1 is 1.04 bits per heavy atom. The molecular formula is C17H18F3N3O5. The number of carbonyl (C=O) groups is 4. The van der Waals surface area contributed by atoms with E-state index >= 15 is 0 Å². The highest BCUT2D eigenvalue weighted by atomic mass is 19.4. The molecule has 0 aromatic heterocycles. The number of benzene rings is 1. The molecule has 152 valence electrons. The lowest BCUT2D eigenvalue weighted by Gasteiger charge is -2.09. The highest BCUT2D eigenvalue weighted by Crippen LogP contribution is 2.11. The van der Waals surface area contributed by atoms with Gasteiger partial charge in [-0.3, -0.25) is 19.7 Å². The largest absolute Gasteiger partial charge is 0.456 e. The number of halogens is 3. The van der Waals surface area contributed by atoms with E-state index in [0.29, 0.717) is 0 Å². The van der Waals surface area contributed by atoms with Gasteiger partial charge in [0.2, 0.25) is 5.91 Å². The number of alkyl halides is 3. The van der Waals surface area contributed by atoms with Crippen LogP contribution in [-0.2, 0) is 19.1 Å². The fourth-order valence-corrected chi connectivity index (χ4v) is 1.69. The van der Waals surface area contributed by atoms with Gasteiger partial charge >= 0.3 is 18.2 Å². The minimum absolute atomic E-state index is 0.0511. The van der Waals surface area contributed by atoms with Gasteiger partial charge in [-0.25, -0.2) is 4.79 Å². The van der Waals surface area contributed by atoms with Crippen LogP contribution in [0.3, 0.4) is 0 Å². The summed E-state index contributed by atoms with van der Waals surface area (Å²) < 4.78 is 40.2.